The standard InChI is InChI=1S/C25H24FN3O3/c1-17-6-2-3-7-19(17)24(30)27-22-11-10-18(16-20(22)25(31)32)28-12-14-29(15-13-28)23-9-5-4-8-21(23)26/h2-11,16H,12-15H2,1H3,(H,27,30)(H,31,32). The summed E-state index contributed by atoms with van der Waals surface area (Å²) in [5.41, 5.74) is 2.92. The first-order chi connectivity index (χ1) is 15.4. The zero-order chi connectivity index (χ0) is 22.7. The summed E-state index contributed by atoms with van der Waals surface area (Å²) in [4.78, 5) is 28.6. The Morgan fingerprint density at radius 3 is 2.22 bits per heavy atom. The number of hydrogen-bond acceptors (Lipinski definition) is 4. The van der Waals surface area contributed by atoms with Gasteiger partial charge in [-0.2, -0.15) is 0 Å². The Morgan fingerprint density at radius 2 is 1.53 bits per heavy atom. The largest absolute Gasteiger partial charge is 0.478 e. The number of benzene rings is 3. The maximum atomic E-state index is 14.1. The third-order valence-corrected chi connectivity index (χ3v) is 5.71. The van der Waals surface area contributed by atoms with Crippen molar-refractivity contribution in [3.63, 3.8) is 0 Å². The van der Waals surface area contributed by atoms with Gasteiger partial charge in [0.1, 0.15) is 5.82 Å². The third-order valence-electron chi connectivity index (χ3n) is 5.71. The predicted molar refractivity (Wildman–Crippen MR) is 123 cm³/mol. The molecule has 0 saturated carbocycles. The average molecular weight is 433 g/mol. The molecule has 3 aromatic carbocycles. The number of aryl methyl sites for hydroxylation is 1. The van der Waals surface area contributed by atoms with Crippen LogP contribution in [0.1, 0.15) is 26.3 Å². The van der Waals surface area contributed by atoms with E-state index in [1.807, 2.05) is 30.0 Å². The molecule has 1 aliphatic heterocycles. The van der Waals surface area contributed by atoms with Crippen molar-refractivity contribution in [1.82, 2.24) is 0 Å². The highest BCUT2D eigenvalue weighted by Crippen LogP contribution is 2.27. The number of nitrogens with one attached hydrogen (secondary N) is 1. The van der Waals surface area contributed by atoms with E-state index in [9.17, 15) is 19.1 Å². The van der Waals surface area contributed by atoms with Gasteiger partial charge in [-0.1, -0.05) is 30.3 Å². The number of nitrogens with zero attached hydrogens (tertiary/aromatic N) is 2. The van der Waals surface area contributed by atoms with Crippen LogP contribution in [0, 0.1) is 12.7 Å². The van der Waals surface area contributed by atoms with Crippen LogP contribution in [0.25, 0.3) is 0 Å². The van der Waals surface area contributed by atoms with Gasteiger partial charge in [-0.3, -0.25) is 4.79 Å². The van der Waals surface area contributed by atoms with Crippen LogP contribution in [0.4, 0.5) is 21.5 Å². The van der Waals surface area contributed by atoms with Gasteiger partial charge in [-0.25, -0.2) is 9.18 Å². The lowest BCUT2D eigenvalue weighted by molar-refractivity contribution is 0.0698. The number of aromatic carboxylic acids is 1. The first-order valence-electron chi connectivity index (χ1n) is 10.4. The average Bonchev–Trinajstić information content (AvgIpc) is 2.80. The van der Waals surface area contributed by atoms with Crippen molar-refractivity contribution in [3.8, 4) is 0 Å². The summed E-state index contributed by atoms with van der Waals surface area (Å²) < 4.78 is 14.1. The summed E-state index contributed by atoms with van der Waals surface area (Å²) in [6.45, 7) is 4.33. The summed E-state index contributed by atoms with van der Waals surface area (Å²) in [7, 11) is 0. The topological polar surface area (TPSA) is 72.9 Å². The number of hydrogen-bond donors (Lipinski definition) is 2. The third kappa shape index (κ3) is 4.42. The SMILES string of the molecule is Cc1ccccc1C(=O)Nc1ccc(N2CCN(c3ccccc3F)CC2)cc1C(=O)O. The second kappa shape index (κ2) is 9.09. The smallest absolute Gasteiger partial charge is 0.337 e. The van der Waals surface area contributed by atoms with E-state index in [1.165, 1.54) is 6.07 Å². The van der Waals surface area contributed by atoms with E-state index in [-0.39, 0.29) is 23.0 Å². The molecular formula is C25H24FN3O3. The fraction of sp³-hybridized carbons (Fsp3) is 0.200. The predicted octanol–water partition coefficient (Wildman–Crippen LogP) is 4.41. The lowest BCUT2D eigenvalue weighted by Gasteiger charge is -2.37. The van der Waals surface area contributed by atoms with Gasteiger partial charge in [-0.15, -0.1) is 0 Å². The summed E-state index contributed by atoms with van der Waals surface area (Å²) >= 11 is 0. The number of halogens is 1. The van der Waals surface area contributed by atoms with E-state index in [4.69, 9.17) is 0 Å². The fourth-order valence-electron chi connectivity index (χ4n) is 3.95. The van der Waals surface area contributed by atoms with Gasteiger partial charge < -0.3 is 20.2 Å². The van der Waals surface area contributed by atoms with Gasteiger partial charge in [0, 0.05) is 37.4 Å². The number of rotatable bonds is 5. The molecule has 1 amide bonds. The quantitative estimate of drug-likeness (QED) is 0.624. The molecule has 4 rings (SSSR count). The molecule has 0 unspecified atom stereocenters. The van der Waals surface area contributed by atoms with Gasteiger partial charge in [0.05, 0.1) is 16.9 Å². The van der Waals surface area contributed by atoms with Gasteiger partial charge >= 0.3 is 5.97 Å². The van der Waals surface area contributed by atoms with Crippen LogP contribution in [0.15, 0.2) is 66.7 Å². The Kier molecular flexibility index (Phi) is 6.07. The number of carbonyl (C=O) groups excluding carboxylic acids is 1. The minimum Gasteiger partial charge on any atom is -0.478 e. The lowest BCUT2D eigenvalue weighted by Crippen LogP contribution is -2.46. The monoisotopic (exact) mass is 433 g/mol. The highest BCUT2D eigenvalue weighted by molar-refractivity contribution is 6.08. The molecule has 1 aliphatic rings. The van der Waals surface area contributed by atoms with Crippen molar-refractivity contribution in [2.75, 3.05) is 41.3 Å². The number of carboxylic acid groups (broad SMARTS) is 1. The van der Waals surface area contributed by atoms with Crippen molar-refractivity contribution in [2.45, 2.75) is 6.92 Å². The summed E-state index contributed by atoms with van der Waals surface area (Å²) in [5, 5.41) is 12.5. The molecule has 0 bridgehead atoms. The van der Waals surface area contributed by atoms with Crippen molar-refractivity contribution in [3.05, 3.63) is 89.2 Å². The molecule has 3 aromatic rings. The summed E-state index contributed by atoms with van der Waals surface area (Å²) in [6.07, 6.45) is 0. The minimum absolute atomic E-state index is 0.0287. The molecule has 0 aliphatic carbocycles. The van der Waals surface area contributed by atoms with Crippen LogP contribution in [0.2, 0.25) is 0 Å². The number of piperazine rings is 1. The lowest BCUT2D eigenvalue weighted by atomic mass is 10.1. The minimum atomic E-state index is -1.11. The zero-order valence-electron chi connectivity index (χ0n) is 17.7. The molecule has 32 heavy (non-hydrogen) atoms. The molecule has 0 spiro atoms. The number of carboxylic acids is 1. The van der Waals surface area contributed by atoms with Crippen LogP contribution in [0.5, 0.6) is 0 Å². The first-order valence-corrected chi connectivity index (χ1v) is 10.4. The molecule has 1 saturated heterocycles. The molecule has 1 heterocycles. The molecular weight excluding hydrogens is 409 g/mol. The number of carbonyl (C=O) groups is 2. The second-order valence-corrected chi connectivity index (χ2v) is 7.73. The van der Waals surface area contributed by atoms with Gasteiger partial charge in [0.2, 0.25) is 0 Å². The number of para-hydroxylation sites is 1. The van der Waals surface area contributed by atoms with Gasteiger partial charge in [-0.05, 0) is 48.9 Å². The Morgan fingerprint density at radius 1 is 0.875 bits per heavy atom. The highest BCUT2D eigenvalue weighted by atomic mass is 19.1. The molecule has 0 aromatic heterocycles. The van der Waals surface area contributed by atoms with Crippen LogP contribution < -0.4 is 15.1 Å². The Bertz CT molecular complexity index is 1160. The van der Waals surface area contributed by atoms with Crippen LogP contribution in [0.3, 0.4) is 0 Å². The Labute approximate surface area is 185 Å². The Balaban J connectivity index is 1.50. The van der Waals surface area contributed by atoms with Crippen molar-refractivity contribution >= 4 is 28.9 Å². The number of anilines is 3. The van der Waals surface area contributed by atoms with Crippen molar-refractivity contribution in [1.29, 1.82) is 0 Å². The van der Waals surface area contributed by atoms with E-state index in [2.05, 4.69) is 10.2 Å². The molecule has 2 N–H and O–H groups in total. The normalized spacial score (nSPS) is 13.7. The zero-order valence-corrected chi connectivity index (χ0v) is 17.7. The van der Waals surface area contributed by atoms with E-state index in [0.717, 1.165) is 11.3 Å². The molecule has 0 atom stereocenters. The molecule has 0 radical (unpaired) electrons. The van der Waals surface area contributed by atoms with Crippen molar-refractivity contribution < 1.29 is 19.1 Å². The summed E-state index contributed by atoms with van der Waals surface area (Å²) in [6, 6.07) is 18.8. The van der Waals surface area contributed by atoms with Gasteiger partial charge in [0.25, 0.3) is 5.91 Å². The molecule has 1 fully saturated rings. The van der Waals surface area contributed by atoms with Gasteiger partial charge in [0.15, 0.2) is 0 Å². The van der Waals surface area contributed by atoms with E-state index in [1.54, 1.807) is 42.5 Å². The van der Waals surface area contributed by atoms with Crippen LogP contribution >= 0.6 is 0 Å². The molecule has 7 heteroatoms. The van der Waals surface area contributed by atoms with Crippen LogP contribution in [-0.4, -0.2) is 43.2 Å². The molecule has 164 valence electrons. The van der Waals surface area contributed by atoms with E-state index < -0.39 is 5.97 Å². The fourth-order valence-corrected chi connectivity index (χ4v) is 3.95. The second-order valence-electron chi connectivity index (χ2n) is 7.73. The van der Waals surface area contributed by atoms with E-state index in [0.29, 0.717) is 37.4 Å². The maximum Gasteiger partial charge on any atom is 0.337 e. The number of amides is 1. The highest BCUT2D eigenvalue weighted by Gasteiger charge is 2.22. The first kappa shape index (κ1) is 21.4. The van der Waals surface area contributed by atoms with Crippen LogP contribution in [-0.2, 0) is 0 Å². The molecule has 6 nitrogen and oxygen atoms in total. The van der Waals surface area contributed by atoms with Crippen molar-refractivity contribution in [2.24, 2.45) is 0 Å². The van der Waals surface area contributed by atoms with E-state index >= 15 is 0 Å². The maximum absolute atomic E-state index is 14.1. The summed E-state index contributed by atoms with van der Waals surface area (Å²) in [5.74, 6) is -1.71. The Hall–Kier alpha value is -3.87.